The first-order chi connectivity index (χ1) is 21.5. The van der Waals surface area contributed by atoms with E-state index in [1.54, 1.807) is 13.2 Å². The summed E-state index contributed by atoms with van der Waals surface area (Å²) in [5, 5.41) is 10.9. The van der Waals surface area contributed by atoms with Crippen LogP contribution in [0, 0.1) is 0 Å². The van der Waals surface area contributed by atoms with Crippen LogP contribution in [0.4, 0.5) is 0 Å². The first-order valence-electron chi connectivity index (χ1n) is 14.8. The molecular weight excluding hydrogens is 570 g/mol. The fraction of sp³-hybridized carbons (Fsp3) is 0.194. The molecule has 1 saturated heterocycles. The summed E-state index contributed by atoms with van der Waals surface area (Å²) in [6, 6.07) is 29.9. The Bertz CT molecular complexity index is 2010. The number of carbonyl (C=O) groups is 2. The second kappa shape index (κ2) is 11.6. The third-order valence-corrected chi connectivity index (χ3v) is 9.49. The minimum absolute atomic E-state index is 0.0529. The minimum atomic E-state index is -0.967. The predicted octanol–water partition coefficient (Wildman–Crippen LogP) is 7.97. The number of nitrogens with zero attached hydrogens (tertiary/aromatic N) is 3. The Labute approximate surface area is 259 Å². The smallest absolute Gasteiger partial charge is 0.345 e. The van der Waals surface area contributed by atoms with Gasteiger partial charge in [0.1, 0.15) is 17.2 Å². The maximum atomic E-state index is 13.7. The van der Waals surface area contributed by atoms with Crippen molar-refractivity contribution < 1.29 is 19.4 Å². The molecule has 1 amide bonds. The summed E-state index contributed by atoms with van der Waals surface area (Å²) < 4.78 is 8.19. The molecule has 0 aliphatic carbocycles. The molecule has 0 bridgehead atoms. The number of aromatic nitrogens is 2. The van der Waals surface area contributed by atoms with Gasteiger partial charge in [0.25, 0.3) is 0 Å². The van der Waals surface area contributed by atoms with Gasteiger partial charge in [0.15, 0.2) is 0 Å². The number of hydrogen-bond donors (Lipinski definition) is 1. The van der Waals surface area contributed by atoms with E-state index in [9.17, 15) is 14.7 Å². The van der Waals surface area contributed by atoms with Crippen LogP contribution in [0.25, 0.3) is 54.8 Å². The van der Waals surface area contributed by atoms with Gasteiger partial charge in [-0.3, -0.25) is 4.79 Å². The molecular formula is C36H31N3O4S. The highest BCUT2D eigenvalue weighted by Gasteiger charge is 2.27. The Morgan fingerprint density at radius 3 is 2.34 bits per heavy atom. The number of carbonyl (C=O) groups excluding carboxylic acids is 1. The molecule has 6 aromatic rings. The van der Waals surface area contributed by atoms with E-state index in [-0.39, 0.29) is 17.3 Å². The molecule has 7 nitrogen and oxygen atoms in total. The van der Waals surface area contributed by atoms with E-state index in [0.717, 1.165) is 92.9 Å². The van der Waals surface area contributed by atoms with Gasteiger partial charge in [0.05, 0.1) is 34.2 Å². The number of carboxylic acid groups (broad SMARTS) is 1. The quantitative estimate of drug-likeness (QED) is 0.201. The number of hydrogen-bond acceptors (Lipinski definition) is 5. The third kappa shape index (κ3) is 5.11. The first-order valence-corrected chi connectivity index (χ1v) is 15.6. The summed E-state index contributed by atoms with van der Waals surface area (Å²) in [5.41, 5.74) is 7.26. The van der Waals surface area contributed by atoms with Gasteiger partial charge in [0.2, 0.25) is 5.91 Å². The number of pyridine rings is 1. The van der Waals surface area contributed by atoms with E-state index in [1.807, 2.05) is 76.2 Å². The molecule has 4 heterocycles. The lowest BCUT2D eigenvalue weighted by Crippen LogP contribution is -2.37. The molecule has 3 aromatic heterocycles. The number of benzene rings is 3. The molecule has 3 aromatic carbocycles. The summed E-state index contributed by atoms with van der Waals surface area (Å²) >= 11 is 1.26. The van der Waals surface area contributed by atoms with Crippen LogP contribution in [0.3, 0.4) is 0 Å². The zero-order valence-corrected chi connectivity index (χ0v) is 25.1. The van der Waals surface area contributed by atoms with Gasteiger partial charge in [-0.2, -0.15) is 0 Å². The maximum Gasteiger partial charge on any atom is 0.345 e. The van der Waals surface area contributed by atoms with Gasteiger partial charge >= 0.3 is 5.97 Å². The minimum Gasteiger partial charge on any atom is -0.497 e. The van der Waals surface area contributed by atoms with E-state index >= 15 is 0 Å². The van der Waals surface area contributed by atoms with Gasteiger partial charge in [-0.25, -0.2) is 9.78 Å². The topological polar surface area (TPSA) is 84.7 Å². The SMILES string of the molecule is COc1ccc(-c2ccc3cc(-c4c(-c5ccccc5)c5sc(C(=O)O)cc5n4CC(=O)N4CCCCC4)ccc3n2)cc1. The van der Waals surface area contributed by atoms with Gasteiger partial charge in [-0.15, -0.1) is 11.3 Å². The summed E-state index contributed by atoms with van der Waals surface area (Å²) in [6.45, 7) is 1.65. The number of aromatic carboxylic acids is 1. The molecule has 44 heavy (non-hydrogen) atoms. The number of rotatable bonds is 7. The van der Waals surface area contributed by atoms with Crippen molar-refractivity contribution in [3.05, 3.63) is 95.9 Å². The number of thiophene rings is 1. The average Bonchev–Trinajstić information content (AvgIpc) is 3.63. The molecule has 1 aliphatic heterocycles. The number of carboxylic acids is 1. The Hall–Kier alpha value is -4.95. The Morgan fingerprint density at radius 1 is 0.864 bits per heavy atom. The van der Waals surface area contributed by atoms with Gasteiger partial charge in [-0.05, 0) is 78.9 Å². The van der Waals surface area contributed by atoms with Crippen molar-refractivity contribution >= 4 is 44.3 Å². The number of likely N-dealkylation sites (tertiary alicyclic amines) is 1. The lowest BCUT2D eigenvalue weighted by Gasteiger charge is -2.27. The normalized spacial score (nSPS) is 13.4. The number of ether oxygens (including phenoxy) is 1. The summed E-state index contributed by atoms with van der Waals surface area (Å²) in [4.78, 5) is 32.9. The van der Waals surface area contributed by atoms with E-state index in [4.69, 9.17) is 9.72 Å². The van der Waals surface area contributed by atoms with Crippen molar-refractivity contribution in [2.45, 2.75) is 25.8 Å². The molecule has 1 fully saturated rings. The predicted molar refractivity (Wildman–Crippen MR) is 175 cm³/mol. The number of methoxy groups -OCH3 is 1. The zero-order valence-electron chi connectivity index (χ0n) is 24.3. The Balaban J connectivity index is 1.39. The van der Waals surface area contributed by atoms with Crippen LogP contribution in [0.15, 0.2) is 91.0 Å². The Kier molecular flexibility index (Phi) is 7.36. The van der Waals surface area contributed by atoms with Crippen LogP contribution in [0.2, 0.25) is 0 Å². The zero-order chi connectivity index (χ0) is 30.2. The van der Waals surface area contributed by atoms with Crippen molar-refractivity contribution in [3.63, 3.8) is 0 Å². The third-order valence-electron chi connectivity index (χ3n) is 8.36. The van der Waals surface area contributed by atoms with Crippen molar-refractivity contribution in [2.24, 2.45) is 0 Å². The fourth-order valence-electron chi connectivity index (χ4n) is 6.14. The van der Waals surface area contributed by atoms with Gasteiger partial charge < -0.3 is 19.3 Å². The Morgan fingerprint density at radius 2 is 1.61 bits per heavy atom. The summed E-state index contributed by atoms with van der Waals surface area (Å²) in [7, 11) is 1.65. The summed E-state index contributed by atoms with van der Waals surface area (Å²) in [6.07, 6.45) is 3.15. The van der Waals surface area contributed by atoms with Crippen molar-refractivity contribution in [2.75, 3.05) is 20.2 Å². The highest BCUT2D eigenvalue weighted by Crippen LogP contribution is 2.45. The number of fused-ring (bicyclic) bond motifs is 2. The van der Waals surface area contributed by atoms with Crippen LogP contribution in [-0.4, -0.2) is 51.6 Å². The molecule has 0 radical (unpaired) electrons. The molecule has 220 valence electrons. The van der Waals surface area contributed by atoms with E-state index in [2.05, 4.69) is 18.2 Å². The molecule has 0 unspecified atom stereocenters. The molecule has 7 rings (SSSR count). The standard InChI is InChI=1S/C36H31N3O4S/c1-43-27-14-10-23(11-15-27)28-16-12-25-20-26(13-17-29(25)37-28)34-33(24-8-4-2-5-9-24)35-30(21-31(44-35)36(41)42)39(34)22-32(40)38-18-6-3-7-19-38/h2,4-5,8-17,20-21H,3,6-7,18-19,22H2,1H3,(H,41,42). The van der Waals surface area contributed by atoms with Crippen LogP contribution >= 0.6 is 11.3 Å². The molecule has 0 saturated carbocycles. The molecule has 8 heteroatoms. The molecule has 0 atom stereocenters. The van der Waals surface area contributed by atoms with Crippen LogP contribution in [0.1, 0.15) is 28.9 Å². The van der Waals surface area contributed by atoms with E-state index in [1.165, 1.54) is 11.3 Å². The van der Waals surface area contributed by atoms with Crippen LogP contribution in [-0.2, 0) is 11.3 Å². The molecule has 0 spiro atoms. The lowest BCUT2D eigenvalue weighted by atomic mass is 9.99. The van der Waals surface area contributed by atoms with Crippen molar-refractivity contribution in [1.29, 1.82) is 0 Å². The van der Waals surface area contributed by atoms with E-state index < -0.39 is 5.97 Å². The second-order valence-electron chi connectivity index (χ2n) is 11.1. The molecule has 1 N–H and O–H groups in total. The highest BCUT2D eigenvalue weighted by atomic mass is 32.1. The maximum absolute atomic E-state index is 13.7. The number of amides is 1. The lowest BCUT2D eigenvalue weighted by molar-refractivity contribution is -0.132. The molecule has 1 aliphatic rings. The van der Waals surface area contributed by atoms with Gasteiger partial charge in [-0.1, -0.05) is 42.5 Å². The largest absolute Gasteiger partial charge is 0.497 e. The first kappa shape index (κ1) is 27.9. The average molecular weight is 602 g/mol. The second-order valence-corrected chi connectivity index (χ2v) is 12.1. The van der Waals surface area contributed by atoms with Gasteiger partial charge in [0, 0.05) is 29.6 Å². The fourth-order valence-corrected chi connectivity index (χ4v) is 7.21. The van der Waals surface area contributed by atoms with Crippen LogP contribution < -0.4 is 4.74 Å². The van der Waals surface area contributed by atoms with Crippen LogP contribution in [0.5, 0.6) is 5.75 Å². The van der Waals surface area contributed by atoms with Crippen molar-refractivity contribution in [1.82, 2.24) is 14.5 Å². The van der Waals surface area contributed by atoms with E-state index in [0.29, 0.717) is 0 Å². The summed E-state index contributed by atoms with van der Waals surface area (Å²) in [5.74, 6) is -0.118. The number of piperidine rings is 1. The monoisotopic (exact) mass is 601 g/mol. The highest BCUT2D eigenvalue weighted by molar-refractivity contribution is 7.21. The van der Waals surface area contributed by atoms with Crippen molar-refractivity contribution in [3.8, 4) is 39.4 Å².